The van der Waals surface area contributed by atoms with Crippen molar-refractivity contribution in [1.82, 2.24) is 9.97 Å². The van der Waals surface area contributed by atoms with Crippen LogP contribution in [0.3, 0.4) is 0 Å². The van der Waals surface area contributed by atoms with E-state index in [0.29, 0.717) is 5.15 Å². The number of aromatic nitrogens is 2. The summed E-state index contributed by atoms with van der Waals surface area (Å²) in [5, 5.41) is 0.491. The molecule has 0 fully saturated rings. The molecule has 0 saturated carbocycles. The molecule has 0 aliphatic carbocycles. The summed E-state index contributed by atoms with van der Waals surface area (Å²) in [5.41, 5.74) is 1.79. The van der Waals surface area contributed by atoms with Crippen LogP contribution in [-0.4, -0.2) is 24.1 Å². The van der Waals surface area contributed by atoms with Gasteiger partial charge in [-0.3, -0.25) is 0 Å². The summed E-state index contributed by atoms with van der Waals surface area (Å²) in [7, 11) is 3.61. The fourth-order valence-corrected chi connectivity index (χ4v) is 2.27. The molecule has 112 valence electrons. The molecule has 0 radical (unpaired) electrons. The second-order valence-corrected chi connectivity index (χ2v) is 5.56. The molecule has 1 aromatic heterocycles. The van der Waals surface area contributed by atoms with Gasteiger partial charge in [-0.25, -0.2) is 9.97 Å². The number of rotatable bonds is 4. The quantitative estimate of drug-likeness (QED) is 0.788. The summed E-state index contributed by atoms with van der Waals surface area (Å²) < 4.78 is 5.42. The van der Waals surface area contributed by atoms with Crippen LogP contribution in [0.5, 0.6) is 5.75 Å². The number of nitrogens with zero attached hydrogens (tertiary/aromatic N) is 3. The van der Waals surface area contributed by atoms with Gasteiger partial charge in [-0.15, -0.1) is 0 Å². The Labute approximate surface area is 130 Å². The average Bonchev–Trinajstić information content (AvgIpc) is 2.48. The lowest BCUT2D eigenvalue weighted by molar-refractivity contribution is 0.415. The van der Waals surface area contributed by atoms with Gasteiger partial charge in [0.1, 0.15) is 22.5 Å². The third-order valence-corrected chi connectivity index (χ3v) is 3.73. The van der Waals surface area contributed by atoms with Crippen LogP contribution >= 0.6 is 11.6 Å². The monoisotopic (exact) mass is 305 g/mol. The lowest BCUT2D eigenvalue weighted by Gasteiger charge is -2.23. The van der Waals surface area contributed by atoms with Crippen molar-refractivity contribution in [2.24, 2.45) is 0 Å². The number of hydrogen-bond donors (Lipinski definition) is 0. The van der Waals surface area contributed by atoms with Crippen molar-refractivity contribution in [3.05, 3.63) is 40.8 Å². The molecular weight excluding hydrogens is 286 g/mol. The number of anilines is 2. The molecule has 0 atom stereocenters. The molecule has 0 spiro atoms. The van der Waals surface area contributed by atoms with E-state index in [9.17, 15) is 0 Å². The zero-order valence-electron chi connectivity index (χ0n) is 13.0. The first kappa shape index (κ1) is 15.6. The van der Waals surface area contributed by atoms with Gasteiger partial charge < -0.3 is 9.64 Å². The Bertz CT molecular complexity index is 643. The fourth-order valence-electron chi connectivity index (χ4n) is 2.10. The van der Waals surface area contributed by atoms with Crippen LogP contribution in [0.4, 0.5) is 11.5 Å². The van der Waals surface area contributed by atoms with E-state index in [1.807, 2.05) is 57.0 Å². The maximum absolute atomic E-state index is 6.26. The summed E-state index contributed by atoms with van der Waals surface area (Å²) in [6.07, 6.45) is 0. The summed E-state index contributed by atoms with van der Waals surface area (Å²) in [6, 6.07) is 7.82. The summed E-state index contributed by atoms with van der Waals surface area (Å²) in [5.74, 6) is 2.54. The third kappa shape index (κ3) is 3.10. The van der Waals surface area contributed by atoms with Crippen LogP contribution in [0.2, 0.25) is 5.15 Å². The number of para-hydroxylation sites is 2. The van der Waals surface area contributed by atoms with E-state index in [0.717, 1.165) is 28.6 Å². The van der Waals surface area contributed by atoms with Gasteiger partial charge in [-0.05, 0) is 19.1 Å². The number of ether oxygens (including phenoxy) is 1. The largest absolute Gasteiger partial charge is 0.495 e. The Balaban J connectivity index is 2.55. The van der Waals surface area contributed by atoms with Crippen LogP contribution < -0.4 is 9.64 Å². The smallest absolute Gasteiger partial charge is 0.142 e. The third-order valence-electron chi connectivity index (χ3n) is 3.36. The topological polar surface area (TPSA) is 38.2 Å². The standard InChI is InChI=1S/C16H20ClN3O/c1-10(2)15-18-14(17)11(3)16(19-15)20(4)12-8-6-7-9-13(12)21-5/h6-10H,1-5H3. The van der Waals surface area contributed by atoms with Crippen LogP contribution in [0.15, 0.2) is 24.3 Å². The molecule has 1 aromatic carbocycles. The molecule has 21 heavy (non-hydrogen) atoms. The van der Waals surface area contributed by atoms with Gasteiger partial charge in [0.2, 0.25) is 0 Å². The molecule has 5 heteroatoms. The van der Waals surface area contributed by atoms with E-state index < -0.39 is 0 Å². The predicted octanol–water partition coefficient (Wildman–Crippen LogP) is 4.34. The van der Waals surface area contributed by atoms with Gasteiger partial charge in [-0.2, -0.15) is 0 Å². The van der Waals surface area contributed by atoms with Crippen LogP contribution in [0.25, 0.3) is 0 Å². The first-order valence-corrected chi connectivity index (χ1v) is 7.24. The van der Waals surface area contributed by atoms with Crippen molar-refractivity contribution in [2.45, 2.75) is 26.7 Å². The average molecular weight is 306 g/mol. The van der Waals surface area contributed by atoms with E-state index in [1.165, 1.54) is 0 Å². The lowest BCUT2D eigenvalue weighted by atomic mass is 10.2. The van der Waals surface area contributed by atoms with Crippen molar-refractivity contribution in [2.75, 3.05) is 19.1 Å². The Morgan fingerprint density at radius 2 is 1.86 bits per heavy atom. The molecule has 0 aliphatic rings. The second kappa shape index (κ2) is 6.31. The zero-order chi connectivity index (χ0) is 15.6. The highest BCUT2D eigenvalue weighted by Gasteiger charge is 2.18. The summed E-state index contributed by atoms with van der Waals surface area (Å²) in [4.78, 5) is 11.0. The van der Waals surface area contributed by atoms with Crippen LogP contribution in [0, 0.1) is 6.92 Å². The van der Waals surface area contributed by atoms with Crippen molar-refractivity contribution in [3.8, 4) is 5.75 Å². The number of hydrogen-bond acceptors (Lipinski definition) is 4. The van der Waals surface area contributed by atoms with E-state index in [4.69, 9.17) is 16.3 Å². The van der Waals surface area contributed by atoms with Gasteiger partial charge in [0.05, 0.1) is 12.8 Å². The van der Waals surface area contributed by atoms with E-state index in [-0.39, 0.29) is 5.92 Å². The SMILES string of the molecule is COc1ccccc1N(C)c1nc(C(C)C)nc(Cl)c1C. The molecule has 0 amide bonds. The first-order valence-electron chi connectivity index (χ1n) is 6.86. The number of benzene rings is 1. The Kier molecular flexibility index (Phi) is 4.68. The van der Waals surface area contributed by atoms with Crippen molar-refractivity contribution in [3.63, 3.8) is 0 Å². The molecule has 4 nitrogen and oxygen atoms in total. The van der Waals surface area contributed by atoms with Crippen LogP contribution in [0.1, 0.15) is 31.2 Å². The van der Waals surface area contributed by atoms with E-state index >= 15 is 0 Å². The second-order valence-electron chi connectivity index (χ2n) is 5.21. The maximum Gasteiger partial charge on any atom is 0.142 e. The fraction of sp³-hybridized carbons (Fsp3) is 0.375. The summed E-state index contributed by atoms with van der Waals surface area (Å²) in [6.45, 7) is 6.02. The number of halogens is 1. The minimum absolute atomic E-state index is 0.216. The molecule has 1 heterocycles. The van der Waals surface area contributed by atoms with E-state index in [1.54, 1.807) is 7.11 Å². The first-order chi connectivity index (χ1) is 9.95. The van der Waals surface area contributed by atoms with Crippen LogP contribution in [-0.2, 0) is 0 Å². The van der Waals surface area contributed by atoms with Crippen molar-refractivity contribution in [1.29, 1.82) is 0 Å². The molecule has 0 aliphatic heterocycles. The highest BCUT2D eigenvalue weighted by atomic mass is 35.5. The van der Waals surface area contributed by atoms with Gasteiger partial charge in [-0.1, -0.05) is 37.6 Å². The van der Waals surface area contributed by atoms with Crippen molar-refractivity contribution >= 4 is 23.1 Å². The minimum Gasteiger partial charge on any atom is -0.495 e. The van der Waals surface area contributed by atoms with Gasteiger partial charge in [0.15, 0.2) is 0 Å². The zero-order valence-corrected chi connectivity index (χ0v) is 13.8. The van der Waals surface area contributed by atoms with Gasteiger partial charge >= 0.3 is 0 Å². The Morgan fingerprint density at radius 1 is 1.19 bits per heavy atom. The molecule has 0 unspecified atom stereocenters. The normalized spacial score (nSPS) is 10.8. The molecule has 2 aromatic rings. The highest BCUT2D eigenvalue weighted by molar-refractivity contribution is 6.30. The van der Waals surface area contributed by atoms with Gasteiger partial charge in [0.25, 0.3) is 0 Å². The molecule has 0 N–H and O–H groups in total. The molecule has 0 saturated heterocycles. The Morgan fingerprint density at radius 3 is 2.48 bits per heavy atom. The molecule has 0 bridgehead atoms. The van der Waals surface area contributed by atoms with Gasteiger partial charge in [0, 0.05) is 18.5 Å². The molecular formula is C16H20ClN3O. The predicted molar refractivity (Wildman–Crippen MR) is 86.9 cm³/mol. The molecule has 2 rings (SSSR count). The maximum atomic E-state index is 6.26. The van der Waals surface area contributed by atoms with Crippen molar-refractivity contribution < 1.29 is 4.74 Å². The Hall–Kier alpha value is -1.81. The summed E-state index contributed by atoms with van der Waals surface area (Å²) >= 11 is 6.26. The van der Waals surface area contributed by atoms with E-state index in [2.05, 4.69) is 9.97 Å². The number of methoxy groups -OCH3 is 1. The highest BCUT2D eigenvalue weighted by Crippen LogP contribution is 2.34. The lowest BCUT2D eigenvalue weighted by Crippen LogP contribution is -2.16. The minimum atomic E-state index is 0.216.